The fourth-order valence-corrected chi connectivity index (χ4v) is 3.76. The lowest BCUT2D eigenvalue weighted by molar-refractivity contribution is -0.140. The molecular weight excluding hydrogens is 534 g/mol. The van der Waals surface area contributed by atoms with Gasteiger partial charge in [-0.25, -0.2) is 19.6 Å². The Morgan fingerprint density at radius 1 is 1.07 bits per heavy atom. The van der Waals surface area contributed by atoms with Gasteiger partial charge in [-0.3, -0.25) is 19.4 Å². The van der Waals surface area contributed by atoms with Gasteiger partial charge in [-0.05, 0) is 49.2 Å². The monoisotopic (exact) mass is 559 g/mol. The van der Waals surface area contributed by atoms with E-state index in [0.717, 1.165) is 0 Å². The average Bonchev–Trinajstić information content (AvgIpc) is 2.94. The second-order valence-corrected chi connectivity index (χ2v) is 8.90. The SMILES string of the molecule is Cc1ccccc1C(=O)OC(=O)CC[C@H](NC(=O)c1ccc(NCc2cnc3nc(N)[nH]c(=O)c3n2)cc1)C(=O)O. The number of aromatic amines is 1. The number of aryl methyl sites for hydroxylation is 1. The highest BCUT2D eigenvalue weighted by Crippen LogP contribution is 2.13. The molecule has 14 heteroatoms. The minimum absolute atomic E-state index is 0.0460. The number of carboxylic acids is 1. The molecule has 0 spiro atoms. The van der Waals surface area contributed by atoms with E-state index in [0.29, 0.717) is 16.9 Å². The van der Waals surface area contributed by atoms with Crippen molar-refractivity contribution in [3.05, 3.63) is 87.5 Å². The van der Waals surface area contributed by atoms with Crippen molar-refractivity contribution in [2.45, 2.75) is 32.4 Å². The van der Waals surface area contributed by atoms with Crippen molar-refractivity contribution < 1.29 is 29.0 Å². The van der Waals surface area contributed by atoms with Crippen molar-refractivity contribution in [3.63, 3.8) is 0 Å². The standard InChI is InChI=1S/C27H25N7O7/c1-14-4-2-3-5-18(14)26(40)41-20(35)11-10-19(25(38)39)32-23(36)15-6-8-16(9-7-15)29-12-17-13-30-22-21(31-17)24(37)34-27(28)33-22/h2-9,13,19,29H,10-12H2,1H3,(H,32,36)(H,38,39)(H3,28,30,33,34,37)/t19-/m0/s1. The predicted octanol–water partition coefficient (Wildman–Crippen LogP) is 1.56. The molecule has 0 unspecified atom stereocenters. The summed E-state index contributed by atoms with van der Waals surface area (Å²) < 4.78 is 4.81. The molecule has 41 heavy (non-hydrogen) atoms. The number of nitrogens with two attached hydrogens (primary N) is 1. The molecule has 0 aliphatic rings. The number of H-pyrrole nitrogens is 1. The maximum absolute atomic E-state index is 12.6. The quantitative estimate of drug-likeness (QED) is 0.138. The summed E-state index contributed by atoms with van der Waals surface area (Å²) in [5, 5.41) is 15.0. The molecule has 1 atom stereocenters. The second-order valence-electron chi connectivity index (χ2n) is 8.90. The molecule has 0 radical (unpaired) electrons. The van der Waals surface area contributed by atoms with Gasteiger partial charge in [-0.15, -0.1) is 0 Å². The molecule has 0 saturated heterocycles. The molecule has 0 bridgehead atoms. The number of benzene rings is 2. The van der Waals surface area contributed by atoms with Gasteiger partial charge in [-0.2, -0.15) is 4.98 Å². The maximum atomic E-state index is 12.6. The number of hydrogen-bond donors (Lipinski definition) is 5. The molecule has 0 saturated carbocycles. The summed E-state index contributed by atoms with van der Waals surface area (Å²) in [6.07, 6.45) is 0.770. The molecule has 1 amide bonds. The maximum Gasteiger partial charge on any atom is 0.346 e. The number of anilines is 2. The van der Waals surface area contributed by atoms with E-state index in [1.165, 1.54) is 24.4 Å². The number of nitrogens with zero attached hydrogens (tertiary/aromatic N) is 3. The minimum atomic E-state index is -1.39. The van der Waals surface area contributed by atoms with Gasteiger partial charge in [-0.1, -0.05) is 18.2 Å². The third-order valence-electron chi connectivity index (χ3n) is 5.92. The van der Waals surface area contributed by atoms with Crippen LogP contribution in [0.4, 0.5) is 11.6 Å². The van der Waals surface area contributed by atoms with Gasteiger partial charge in [0, 0.05) is 17.7 Å². The number of carboxylic acid groups (broad SMARTS) is 1. The van der Waals surface area contributed by atoms with Crippen LogP contribution in [0.3, 0.4) is 0 Å². The van der Waals surface area contributed by atoms with Gasteiger partial charge in [0.25, 0.3) is 11.5 Å². The summed E-state index contributed by atoms with van der Waals surface area (Å²) in [4.78, 5) is 75.2. The Bertz CT molecular complexity index is 1690. The summed E-state index contributed by atoms with van der Waals surface area (Å²) in [6, 6.07) is 11.3. The van der Waals surface area contributed by atoms with Crippen molar-refractivity contribution in [2.24, 2.45) is 0 Å². The fraction of sp³-hybridized carbons (Fsp3) is 0.185. The number of ether oxygens (including phenoxy) is 1. The van der Waals surface area contributed by atoms with Crippen LogP contribution >= 0.6 is 0 Å². The Balaban J connectivity index is 1.30. The van der Waals surface area contributed by atoms with E-state index >= 15 is 0 Å². The van der Waals surface area contributed by atoms with E-state index in [1.54, 1.807) is 37.3 Å². The van der Waals surface area contributed by atoms with Crippen LogP contribution < -0.4 is 21.9 Å². The van der Waals surface area contributed by atoms with Crippen molar-refractivity contribution in [2.75, 3.05) is 11.1 Å². The fourth-order valence-electron chi connectivity index (χ4n) is 3.76. The molecule has 2 aromatic carbocycles. The highest BCUT2D eigenvalue weighted by atomic mass is 16.6. The van der Waals surface area contributed by atoms with Crippen molar-refractivity contribution in [3.8, 4) is 0 Å². The van der Waals surface area contributed by atoms with Crippen LogP contribution in [0.5, 0.6) is 0 Å². The highest BCUT2D eigenvalue weighted by molar-refractivity contribution is 5.98. The second kappa shape index (κ2) is 12.5. The van der Waals surface area contributed by atoms with E-state index in [1.807, 2.05) is 0 Å². The smallest absolute Gasteiger partial charge is 0.346 e. The first-order valence-electron chi connectivity index (χ1n) is 12.3. The Morgan fingerprint density at radius 3 is 2.51 bits per heavy atom. The van der Waals surface area contributed by atoms with Gasteiger partial charge >= 0.3 is 17.9 Å². The van der Waals surface area contributed by atoms with Crippen molar-refractivity contribution >= 4 is 46.6 Å². The van der Waals surface area contributed by atoms with E-state index in [9.17, 15) is 29.1 Å². The Hall–Kier alpha value is -5.66. The molecule has 14 nitrogen and oxygen atoms in total. The number of carbonyl (C=O) groups excluding carboxylic acids is 3. The summed E-state index contributed by atoms with van der Waals surface area (Å²) in [5.41, 5.74) is 7.27. The first-order valence-corrected chi connectivity index (χ1v) is 12.3. The molecular formula is C27H25N7O7. The molecule has 4 aromatic rings. The molecule has 2 heterocycles. The van der Waals surface area contributed by atoms with Crippen LogP contribution in [0.2, 0.25) is 0 Å². The predicted molar refractivity (Wildman–Crippen MR) is 146 cm³/mol. The first-order chi connectivity index (χ1) is 19.6. The zero-order valence-corrected chi connectivity index (χ0v) is 21.7. The zero-order valence-electron chi connectivity index (χ0n) is 21.7. The van der Waals surface area contributed by atoms with Gasteiger partial charge in [0.15, 0.2) is 11.2 Å². The van der Waals surface area contributed by atoms with E-state index in [2.05, 4.69) is 30.6 Å². The molecule has 2 aromatic heterocycles. The van der Waals surface area contributed by atoms with Crippen LogP contribution in [-0.2, 0) is 20.9 Å². The number of nitrogen functional groups attached to an aromatic ring is 1. The van der Waals surface area contributed by atoms with Crippen LogP contribution in [0, 0.1) is 6.92 Å². The average molecular weight is 560 g/mol. The lowest BCUT2D eigenvalue weighted by Gasteiger charge is -2.14. The number of aliphatic carboxylic acids is 1. The first kappa shape index (κ1) is 28.4. The zero-order chi connectivity index (χ0) is 29.5. The largest absolute Gasteiger partial charge is 0.480 e. The van der Waals surface area contributed by atoms with Crippen molar-refractivity contribution in [1.29, 1.82) is 0 Å². The number of rotatable bonds is 10. The Kier molecular flexibility index (Phi) is 8.62. The minimum Gasteiger partial charge on any atom is -0.480 e. The van der Waals surface area contributed by atoms with Crippen LogP contribution in [0.15, 0.2) is 59.5 Å². The number of fused-ring (bicyclic) bond motifs is 1. The Morgan fingerprint density at radius 2 is 1.80 bits per heavy atom. The molecule has 6 N–H and O–H groups in total. The molecule has 0 aliphatic heterocycles. The summed E-state index contributed by atoms with van der Waals surface area (Å²) in [6.45, 7) is 1.90. The summed E-state index contributed by atoms with van der Waals surface area (Å²) in [7, 11) is 0. The molecule has 0 aliphatic carbocycles. The number of amides is 1. The molecule has 0 fully saturated rings. The van der Waals surface area contributed by atoms with Crippen LogP contribution in [0.25, 0.3) is 11.2 Å². The number of nitrogens with one attached hydrogen (secondary N) is 3. The van der Waals surface area contributed by atoms with Crippen molar-refractivity contribution in [1.82, 2.24) is 25.3 Å². The third-order valence-corrected chi connectivity index (χ3v) is 5.92. The van der Waals surface area contributed by atoms with E-state index < -0.39 is 41.8 Å². The summed E-state index contributed by atoms with van der Waals surface area (Å²) >= 11 is 0. The van der Waals surface area contributed by atoms with Gasteiger partial charge in [0.2, 0.25) is 5.95 Å². The van der Waals surface area contributed by atoms with Crippen LogP contribution in [0.1, 0.15) is 44.8 Å². The van der Waals surface area contributed by atoms with Gasteiger partial charge in [0.05, 0.1) is 24.0 Å². The lowest BCUT2D eigenvalue weighted by atomic mass is 10.1. The number of aromatic nitrogens is 4. The Labute approximate surface area is 232 Å². The highest BCUT2D eigenvalue weighted by Gasteiger charge is 2.23. The summed E-state index contributed by atoms with van der Waals surface area (Å²) in [5.74, 6) is -3.81. The normalized spacial score (nSPS) is 11.4. The van der Waals surface area contributed by atoms with Gasteiger partial charge < -0.3 is 26.2 Å². The third kappa shape index (κ3) is 7.26. The number of carbonyl (C=O) groups is 4. The number of hydrogen-bond acceptors (Lipinski definition) is 11. The van der Waals surface area contributed by atoms with E-state index in [-0.39, 0.29) is 41.2 Å². The van der Waals surface area contributed by atoms with Crippen LogP contribution in [-0.4, -0.2) is 54.9 Å². The topological polar surface area (TPSA) is 219 Å². The van der Waals surface area contributed by atoms with Gasteiger partial charge in [0.1, 0.15) is 6.04 Å². The van der Waals surface area contributed by atoms with E-state index in [4.69, 9.17) is 10.5 Å². The molecule has 4 rings (SSSR count). The number of esters is 2. The lowest BCUT2D eigenvalue weighted by Crippen LogP contribution is -2.41. The molecule has 210 valence electrons.